The van der Waals surface area contributed by atoms with Gasteiger partial charge in [-0.05, 0) is 42.0 Å². The molecule has 0 aliphatic heterocycles. The van der Waals surface area contributed by atoms with Crippen LogP contribution in [0.5, 0.6) is 0 Å². The van der Waals surface area contributed by atoms with Crippen molar-refractivity contribution in [1.29, 1.82) is 0 Å². The van der Waals surface area contributed by atoms with Gasteiger partial charge >= 0.3 is 6.03 Å². The predicted octanol–water partition coefficient (Wildman–Crippen LogP) is 4.77. The van der Waals surface area contributed by atoms with Crippen LogP contribution in [-0.2, 0) is 6.54 Å². The van der Waals surface area contributed by atoms with Crippen molar-refractivity contribution in [2.75, 3.05) is 12.4 Å². The molecular weight excluding hydrogens is 340 g/mol. The normalized spacial score (nSPS) is 10.2. The number of amides is 2. The highest BCUT2D eigenvalue weighted by Gasteiger charge is 2.09. The quantitative estimate of drug-likeness (QED) is 0.847. The number of hydrogen-bond donors (Lipinski definition) is 1. The highest BCUT2D eigenvalue weighted by atomic mass is 79.9. The van der Waals surface area contributed by atoms with Crippen molar-refractivity contribution in [3.05, 3.63) is 63.6 Å². The smallest absolute Gasteiger partial charge is 0.321 e. The van der Waals surface area contributed by atoms with Crippen LogP contribution >= 0.6 is 27.5 Å². The molecule has 0 saturated carbocycles. The largest absolute Gasteiger partial charge is 0.323 e. The number of halogens is 2. The Morgan fingerprint density at radius 3 is 2.35 bits per heavy atom. The third-order valence-corrected chi connectivity index (χ3v) is 3.56. The summed E-state index contributed by atoms with van der Waals surface area (Å²) in [5.41, 5.74) is 1.80. The Kier molecular flexibility index (Phi) is 5.04. The second-order valence-electron chi connectivity index (χ2n) is 4.42. The van der Waals surface area contributed by atoms with E-state index in [1.807, 2.05) is 24.3 Å². The van der Waals surface area contributed by atoms with E-state index in [-0.39, 0.29) is 6.03 Å². The fourth-order valence-electron chi connectivity index (χ4n) is 1.69. The molecule has 0 aliphatic rings. The summed E-state index contributed by atoms with van der Waals surface area (Å²) in [4.78, 5) is 13.7. The molecule has 0 spiro atoms. The van der Waals surface area contributed by atoms with Gasteiger partial charge < -0.3 is 10.2 Å². The molecule has 0 fully saturated rings. The molecule has 5 heteroatoms. The maximum atomic E-state index is 12.0. The van der Waals surface area contributed by atoms with Crippen molar-refractivity contribution < 1.29 is 4.79 Å². The average molecular weight is 354 g/mol. The summed E-state index contributed by atoms with van der Waals surface area (Å²) in [5.74, 6) is 0. The van der Waals surface area contributed by atoms with Gasteiger partial charge in [0.1, 0.15) is 0 Å². The number of hydrogen-bond acceptors (Lipinski definition) is 1. The van der Waals surface area contributed by atoms with Crippen molar-refractivity contribution in [1.82, 2.24) is 4.90 Å². The molecule has 0 heterocycles. The van der Waals surface area contributed by atoms with E-state index in [1.54, 1.807) is 36.2 Å². The molecule has 0 aliphatic carbocycles. The topological polar surface area (TPSA) is 32.3 Å². The molecule has 0 atom stereocenters. The molecule has 0 radical (unpaired) electrons. The van der Waals surface area contributed by atoms with Crippen LogP contribution in [0.3, 0.4) is 0 Å². The minimum atomic E-state index is -0.157. The summed E-state index contributed by atoms with van der Waals surface area (Å²) in [7, 11) is 1.76. The summed E-state index contributed by atoms with van der Waals surface area (Å²) in [5, 5.41) is 3.46. The van der Waals surface area contributed by atoms with Gasteiger partial charge in [-0.25, -0.2) is 4.79 Å². The first-order chi connectivity index (χ1) is 9.54. The van der Waals surface area contributed by atoms with E-state index in [0.29, 0.717) is 11.6 Å². The summed E-state index contributed by atoms with van der Waals surface area (Å²) in [6.07, 6.45) is 0. The molecule has 104 valence electrons. The van der Waals surface area contributed by atoms with E-state index >= 15 is 0 Å². The Morgan fingerprint density at radius 2 is 1.75 bits per heavy atom. The van der Waals surface area contributed by atoms with Crippen LogP contribution in [0, 0.1) is 0 Å². The average Bonchev–Trinajstić information content (AvgIpc) is 2.44. The Labute approximate surface area is 131 Å². The number of carbonyl (C=O) groups excluding carboxylic acids is 1. The van der Waals surface area contributed by atoms with Gasteiger partial charge in [0.15, 0.2) is 0 Å². The third-order valence-electron chi connectivity index (χ3n) is 2.78. The fraction of sp³-hybridized carbons (Fsp3) is 0.133. The second-order valence-corrected chi connectivity index (χ2v) is 5.77. The fourth-order valence-corrected chi connectivity index (χ4v) is 2.08. The van der Waals surface area contributed by atoms with Gasteiger partial charge in [-0.1, -0.05) is 39.7 Å². The predicted molar refractivity (Wildman–Crippen MR) is 86.1 cm³/mol. The van der Waals surface area contributed by atoms with Gasteiger partial charge in [0.25, 0.3) is 0 Å². The number of benzene rings is 2. The van der Waals surface area contributed by atoms with Gasteiger partial charge in [-0.15, -0.1) is 0 Å². The number of carbonyl (C=O) groups is 1. The lowest BCUT2D eigenvalue weighted by Crippen LogP contribution is -2.30. The summed E-state index contributed by atoms with van der Waals surface area (Å²) >= 11 is 9.19. The van der Waals surface area contributed by atoms with Crippen LogP contribution in [0.25, 0.3) is 0 Å². The first kappa shape index (κ1) is 14.9. The third kappa shape index (κ3) is 4.25. The molecule has 2 aromatic rings. The number of nitrogens with zero attached hydrogens (tertiary/aromatic N) is 1. The highest BCUT2D eigenvalue weighted by molar-refractivity contribution is 9.10. The van der Waals surface area contributed by atoms with Crippen molar-refractivity contribution in [2.45, 2.75) is 6.54 Å². The molecule has 0 aromatic heterocycles. The van der Waals surface area contributed by atoms with Crippen molar-refractivity contribution in [3.8, 4) is 0 Å². The minimum Gasteiger partial charge on any atom is -0.323 e. The second kappa shape index (κ2) is 6.77. The van der Waals surface area contributed by atoms with Crippen LogP contribution in [0.2, 0.25) is 5.02 Å². The molecule has 0 saturated heterocycles. The molecule has 2 rings (SSSR count). The van der Waals surface area contributed by atoms with Crippen LogP contribution < -0.4 is 5.32 Å². The maximum Gasteiger partial charge on any atom is 0.321 e. The zero-order valence-electron chi connectivity index (χ0n) is 10.9. The first-order valence-electron chi connectivity index (χ1n) is 6.07. The zero-order chi connectivity index (χ0) is 14.5. The lowest BCUT2D eigenvalue weighted by molar-refractivity contribution is 0.220. The van der Waals surface area contributed by atoms with E-state index < -0.39 is 0 Å². The van der Waals surface area contributed by atoms with E-state index in [2.05, 4.69) is 21.2 Å². The van der Waals surface area contributed by atoms with Gasteiger partial charge in [0.05, 0.1) is 0 Å². The summed E-state index contributed by atoms with van der Waals surface area (Å²) in [6.45, 7) is 0.548. The van der Waals surface area contributed by atoms with Gasteiger partial charge in [-0.2, -0.15) is 0 Å². The van der Waals surface area contributed by atoms with Gasteiger partial charge in [0, 0.05) is 28.8 Å². The van der Waals surface area contributed by atoms with Gasteiger partial charge in [0.2, 0.25) is 0 Å². The number of urea groups is 1. The monoisotopic (exact) mass is 352 g/mol. The molecule has 20 heavy (non-hydrogen) atoms. The van der Waals surface area contributed by atoms with Crippen molar-refractivity contribution >= 4 is 39.2 Å². The molecule has 2 aromatic carbocycles. The first-order valence-corrected chi connectivity index (χ1v) is 7.24. The van der Waals surface area contributed by atoms with Crippen molar-refractivity contribution in [2.24, 2.45) is 0 Å². The van der Waals surface area contributed by atoms with E-state index in [9.17, 15) is 4.79 Å². The molecule has 0 unspecified atom stereocenters. The highest BCUT2D eigenvalue weighted by Crippen LogP contribution is 2.15. The van der Waals surface area contributed by atoms with Gasteiger partial charge in [-0.3, -0.25) is 0 Å². The molecule has 2 amide bonds. The van der Waals surface area contributed by atoms with Crippen LogP contribution in [0.4, 0.5) is 10.5 Å². The Bertz CT molecular complexity index is 584. The zero-order valence-corrected chi connectivity index (χ0v) is 13.3. The molecule has 3 nitrogen and oxygen atoms in total. The summed E-state index contributed by atoms with van der Waals surface area (Å²) in [6, 6.07) is 14.8. The van der Waals surface area contributed by atoms with Crippen molar-refractivity contribution in [3.63, 3.8) is 0 Å². The minimum absolute atomic E-state index is 0.157. The molecule has 1 N–H and O–H groups in total. The maximum absolute atomic E-state index is 12.0. The Hall–Kier alpha value is -1.52. The standard InChI is InChI=1S/C15H14BrClN2O/c1-19(10-11-2-4-12(16)5-3-11)15(20)18-14-8-6-13(17)7-9-14/h2-9H,10H2,1H3,(H,18,20). The van der Waals surface area contributed by atoms with E-state index in [0.717, 1.165) is 15.7 Å². The van der Waals surface area contributed by atoms with Crippen LogP contribution in [0.15, 0.2) is 53.0 Å². The lowest BCUT2D eigenvalue weighted by Gasteiger charge is -2.18. The number of nitrogens with one attached hydrogen (secondary N) is 1. The van der Waals surface area contributed by atoms with Crippen LogP contribution in [-0.4, -0.2) is 18.0 Å². The lowest BCUT2D eigenvalue weighted by atomic mass is 10.2. The number of anilines is 1. The van der Waals surface area contributed by atoms with Crippen LogP contribution in [0.1, 0.15) is 5.56 Å². The Morgan fingerprint density at radius 1 is 1.15 bits per heavy atom. The Balaban J connectivity index is 1.94. The summed E-state index contributed by atoms with van der Waals surface area (Å²) < 4.78 is 1.02. The number of rotatable bonds is 3. The molecular formula is C15H14BrClN2O. The van der Waals surface area contributed by atoms with E-state index in [1.165, 1.54) is 0 Å². The van der Waals surface area contributed by atoms with E-state index in [4.69, 9.17) is 11.6 Å². The molecule has 0 bridgehead atoms. The SMILES string of the molecule is CN(Cc1ccc(Br)cc1)C(=O)Nc1ccc(Cl)cc1.